The Morgan fingerprint density at radius 3 is 2.40 bits per heavy atom. The van der Waals surface area contributed by atoms with E-state index in [-0.39, 0.29) is 15.6 Å². The molecule has 0 fully saturated rings. The summed E-state index contributed by atoms with van der Waals surface area (Å²) in [4.78, 5) is 49.9. The summed E-state index contributed by atoms with van der Waals surface area (Å²) >= 11 is 2.14. The van der Waals surface area contributed by atoms with Gasteiger partial charge in [0.15, 0.2) is 10.9 Å². The van der Waals surface area contributed by atoms with Crippen molar-refractivity contribution < 1.29 is 29.0 Å². The van der Waals surface area contributed by atoms with Gasteiger partial charge in [-0.3, -0.25) is 14.5 Å². The number of aliphatic hydroxyl groups excluding tert-OH is 1. The van der Waals surface area contributed by atoms with Gasteiger partial charge in [0, 0.05) is 5.56 Å². The average Bonchev–Trinajstić information content (AvgIpc) is 3.46. The number of aryl methyl sites for hydroxylation is 3. The predicted molar refractivity (Wildman–Crippen MR) is 132 cm³/mol. The smallest absolute Gasteiger partial charge is 0.350 e. The number of carbonyl (C=O) groups excluding carboxylic acids is 3. The lowest BCUT2D eigenvalue weighted by atomic mass is 9.94. The van der Waals surface area contributed by atoms with Crippen molar-refractivity contribution >= 4 is 45.5 Å². The lowest BCUT2D eigenvalue weighted by Crippen LogP contribution is -2.31. The summed E-state index contributed by atoms with van der Waals surface area (Å²) in [6, 6.07) is 5.96. The number of aliphatic hydroxyl groups is 1. The number of Topliss-reactive ketones (excluding diaryl/α,β-unsaturated/α-hetero) is 1. The van der Waals surface area contributed by atoms with Crippen LogP contribution < -0.4 is 9.64 Å². The molecule has 3 heterocycles. The third-order valence-corrected chi connectivity index (χ3v) is 7.65. The van der Waals surface area contributed by atoms with Crippen LogP contribution in [0.25, 0.3) is 0 Å². The number of methoxy groups -OCH3 is 1. The molecule has 0 saturated carbocycles. The minimum Gasteiger partial charge on any atom is -0.503 e. The van der Waals surface area contributed by atoms with Crippen LogP contribution in [0.15, 0.2) is 35.6 Å². The highest BCUT2D eigenvalue weighted by atomic mass is 32.1. The number of rotatable bonds is 7. The second-order valence-corrected chi connectivity index (χ2v) is 9.87. The molecule has 0 bridgehead atoms. The zero-order valence-corrected chi connectivity index (χ0v) is 21.4. The number of benzene rings is 1. The van der Waals surface area contributed by atoms with E-state index in [0.29, 0.717) is 39.2 Å². The first-order valence-electron chi connectivity index (χ1n) is 10.7. The number of carbonyl (C=O) groups is 3. The second-order valence-electron chi connectivity index (χ2n) is 7.69. The summed E-state index contributed by atoms with van der Waals surface area (Å²) in [5.74, 6) is -2.11. The van der Waals surface area contributed by atoms with Crippen molar-refractivity contribution in [2.45, 2.75) is 33.7 Å². The van der Waals surface area contributed by atoms with E-state index in [0.717, 1.165) is 11.3 Å². The fourth-order valence-electron chi connectivity index (χ4n) is 3.95. The molecule has 3 aromatic rings. The number of nitrogens with zero attached hydrogens (tertiary/aromatic N) is 3. The minimum absolute atomic E-state index is 0.0959. The molecule has 9 nitrogen and oxygen atoms in total. The van der Waals surface area contributed by atoms with Crippen molar-refractivity contribution in [2.24, 2.45) is 0 Å². The average molecular weight is 514 g/mol. The van der Waals surface area contributed by atoms with Gasteiger partial charge in [0.25, 0.3) is 5.91 Å². The number of ether oxygens (including phenoxy) is 2. The number of anilines is 1. The van der Waals surface area contributed by atoms with Gasteiger partial charge in [-0.25, -0.2) is 14.8 Å². The third-order valence-electron chi connectivity index (χ3n) is 5.44. The van der Waals surface area contributed by atoms with Crippen molar-refractivity contribution in [3.63, 3.8) is 0 Å². The standard InChI is InChI=1S/C24H23N3O6S2/c1-6-33-15-10-8-7-9-14(15)17-16(18(28)20-11(2)25-13(4)34-20)19(29)22(30)27(17)24-26-12(3)21(35-24)23(31)32-5/h7-10,17,29H,6H2,1-5H3. The van der Waals surface area contributed by atoms with Crippen LogP contribution in [0.2, 0.25) is 0 Å². The van der Waals surface area contributed by atoms with Crippen LogP contribution in [0.3, 0.4) is 0 Å². The highest BCUT2D eigenvalue weighted by Crippen LogP contribution is 2.46. The molecule has 182 valence electrons. The summed E-state index contributed by atoms with van der Waals surface area (Å²) in [6.45, 7) is 7.29. The van der Waals surface area contributed by atoms with Crippen LogP contribution in [0, 0.1) is 20.8 Å². The molecule has 1 aliphatic heterocycles. The van der Waals surface area contributed by atoms with E-state index in [9.17, 15) is 19.5 Å². The zero-order chi connectivity index (χ0) is 25.4. The number of hydrogen-bond donors (Lipinski definition) is 1. The largest absolute Gasteiger partial charge is 0.503 e. The quantitative estimate of drug-likeness (QED) is 0.363. The zero-order valence-electron chi connectivity index (χ0n) is 19.7. The van der Waals surface area contributed by atoms with Crippen LogP contribution in [0.1, 0.15) is 54.3 Å². The first-order chi connectivity index (χ1) is 16.7. The Balaban J connectivity index is 1.93. The highest BCUT2D eigenvalue weighted by Gasteiger charge is 2.47. The van der Waals surface area contributed by atoms with E-state index in [2.05, 4.69) is 9.97 Å². The van der Waals surface area contributed by atoms with Gasteiger partial charge >= 0.3 is 5.97 Å². The monoisotopic (exact) mass is 513 g/mol. The molecule has 11 heteroatoms. The van der Waals surface area contributed by atoms with Crippen LogP contribution >= 0.6 is 22.7 Å². The lowest BCUT2D eigenvalue weighted by molar-refractivity contribution is -0.117. The molecule has 0 saturated heterocycles. The van der Waals surface area contributed by atoms with Crippen molar-refractivity contribution in [2.75, 3.05) is 18.6 Å². The molecule has 0 aliphatic carbocycles. The van der Waals surface area contributed by atoms with Gasteiger partial charge in [0.05, 0.1) is 40.6 Å². The summed E-state index contributed by atoms with van der Waals surface area (Å²) in [5.41, 5.74) is 1.29. The molecule has 1 atom stereocenters. The van der Waals surface area contributed by atoms with Gasteiger partial charge in [-0.05, 0) is 33.8 Å². The molecule has 1 unspecified atom stereocenters. The van der Waals surface area contributed by atoms with Crippen molar-refractivity contribution in [1.82, 2.24) is 9.97 Å². The number of esters is 1. The number of amides is 1. The van der Waals surface area contributed by atoms with Crippen molar-refractivity contribution in [1.29, 1.82) is 0 Å². The molecule has 1 aromatic carbocycles. The second kappa shape index (κ2) is 9.59. The molecule has 1 amide bonds. The van der Waals surface area contributed by atoms with Crippen LogP contribution in [0.5, 0.6) is 5.75 Å². The van der Waals surface area contributed by atoms with Crippen molar-refractivity contribution in [3.05, 3.63) is 67.3 Å². The van der Waals surface area contributed by atoms with E-state index >= 15 is 0 Å². The topological polar surface area (TPSA) is 119 Å². The first kappa shape index (κ1) is 24.6. The van der Waals surface area contributed by atoms with Gasteiger partial charge in [0.2, 0.25) is 5.78 Å². The van der Waals surface area contributed by atoms with E-state index in [1.54, 1.807) is 45.0 Å². The Morgan fingerprint density at radius 2 is 1.77 bits per heavy atom. The number of thiazole rings is 2. The van der Waals surface area contributed by atoms with E-state index in [1.807, 2.05) is 6.92 Å². The predicted octanol–water partition coefficient (Wildman–Crippen LogP) is 4.49. The van der Waals surface area contributed by atoms with Gasteiger partial charge in [0.1, 0.15) is 16.7 Å². The maximum atomic E-state index is 13.7. The molecular weight excluding hydrogens is 490 g/mol. The molecular formula is C24H23N3O6S2. The molecule has 1 N–H and O–H groups in total. The Kier molecular flexibility index (Phi) is 6.73. The molecule has 0 radical (unpaired) electrons. The summed E-state index contributed by atoms with van der Waals surface area (Å²) < 4.78 is 10.6. The van der Waals surface area contributed by atoms with Crippen molar-refractivity contribution in [3.8, 4) is 5.75 Å². The molecule has 4 rings (SSSR count). The third kappa shape index (κ3) is 4.21. The molecule has 2 aromatic heterocycles. The van der Waals surface area contributed by atoms with E-state index in [1.165, 1.54) is 23.3 Å². The van der Waals surface area contributed by atoms with Gasteiger partial charge in [-0.1, -0.05) is 29.5 Å². The number of ketones is 1. The summed E-state index contributed by atoms with van der Waals surface area (Å²) in [5, 5.41) is 11.8. The van der Waals surface area contributed by atoms with E-state index in [4.69, 9.17) is 9.47 Å². The molecule has 0 spiro atoms. The number of hydrogen-bond acceptors (Lipinski definition) is 10. The Bertz CT molecular complexity index is 1370. The summed E-state index contributed by atoms with van der Waals surface area (Å²) in [7, 11) is 1.26. The number of aromatic nitrogens is 2. The maximum absolute atomic E-state index is 13.7. The molecule has 35 heavy (non-hydrogen) atoms. The highest BCUT2D eigenvalue weighted by molar-refractivity contribution is 7.17. The normalized spacial score (nSPS) is 15.6. The van der Waals surface area contributed by atoms with Gasteiger partial charge in [-0.15, -0.1) is 11.3 Å². The Hall–Kier alpha value is -3.57. The fraction of sp³-hybridized carbons (Fsp3) is 0.292. The first-order valence-corrected chi connectivity index (χ1v) is 12.4. The fourth-order valence-corrected chi connectivity index (χ4v) is 5.84. The number of para-hydroxylation sites is 1. The van der Waals surface area contributed by atoms with Gasteiger partial charge < -0.3 is 14.6 Å². The summed E-state index contributed by atoms with van der Waals surface area (Å²) in [6.07, 6.45) is 0. The SMILES string of the molecule is CCOc1ccccc1C1C(C(=O)c2sc(C)nc2C)=C(O)C(=O)N1c1nc(C)c(C(=O)OC)s1. The maximum Gasteiger partial charge on any atom is 0.350 e. The van der Waals surface area contributed by atoms with Crippen LogP contribution in [-0.2, 0) is 9.53 Å². The Morgan fingerprint density at radius 1 is 1.09 bits per heavy atom. The lowest BCUT2D eigenvalue weighted by Gasteiger charge is -2.26. The van der Waals surface area contributed by atoms with E-state index < -0.39 is 29.5 Å². The minimum atomic E-state index is -1.03. The van der Waals surface area contributed by atoms with Crippen LogP contribution in [0.4, 0.5) is 5.13 Å². The molecule has 1 aliphatic rings. The van der Waals surface area contributed by atoms with Crippen LogP contribution in [-0.4, -0.2) is 46.5 Å². The van der Waals surface area contributed by atoms with Gasteiger partial charge in [-0.2, -0.15) is 0 Å². The Labute approximate surface area is 209 Å².